The summed E-state index contributed by atoms with van der Waals surface area (Å²) in [4.78, 5) is 0. The quantitative estimate of drug-likeness (QED) is 0.696. The Morgan fingerprint density at radius 2 is 1.28 bits per heavy atom. The summed E-state index contributed by atoms with van der Waals surface area (Å²) < 4.78 is 18.9. The van der Waals surface area contributed by atoms with Gasteiger partial charge < -0.3 is 0 Å². The molecule has 0 nitrogen and oxygen atoms in total. The maximum absolute atomic E-state index is 12.9. The van der Waals surface area contributed by atoms with E-state index < -0.39 is 20.2 Å². The molecule has 0 atom stereocenters. The van der Waals surface area contributed by atoms with Crippen molar-refractivity contribution in [2.75, 3.05) is 0 Å². The standard InChI is InChI=1S/C10H8.C6H4F.Sb/c1-3-9-7-5-6-8-10(9)4-2;7-6-4-2-1-3-5-6;/h1-8H;2-5H;. The van der Waals surface area contributed by atoms with Crippen molar-refractivity contribution in [2.45, 2.75) is 0 Å². The molecular formula is C16H12FSb. The molecule has 3 rings (SSSR count). The van der Waals surface area contributed by atoms with Gasteiger partial charge in [0.2, 0.25) is 0 Å². The van der Waals surface area contributed by atoms with Crippen LogP contribution in [0.25, 0.3) is 12.2 Å². The van der Waals surface area contributed by atoms with Crippen LogP contribution in [0.5, 0.6) is 0 Å². The first-order valence-electron chi connectivity index (χ1n) is 5.82. The van der Waals surface area contributed by atoms with Gasteiger partial charge in [0.1, 0.15) is 0 Å². The Morgan fingerprint density at radius 1 is 0.722 bits per heavy atom. The Labute approximate surface area is 113 Å². The molecule has 1 aliphatic rings. The minimum atomic E-state index is -1.74. The monoisotopic (exact) mass is 344 g/mol. The van der Waals surface area contributed by atoms with Crippen LogP contribution >= 0.6 is 0 Å². The predicted octanol–water partition coefficient (Wildman–Crippen LogP) is 3.35. The first-order chi connectivity index (χ1) is 8.83. The number of hydrogen-bond acceptors (Lipinski definition) is 0. The molecular weight excluding hydrogens is 333 g/mol. The van der Waals surface area contributed by atoms with Gasteiger partial charge in [-0.2, -0.15) is 0 Å². The van der Waals surface area contributed by atoms with E-state index in [1.54, 1.807) is 12.1 Å². The second-order valence-electron chi connectivity index (χ2n) is 4.14. The van der Waals surface area contributed by atoms with Gasteiger partial charge in [0.15, 0.2) is 0 Å². The molecule has 2 aromatic carbocycles. The Kier molecular flexibility index (Phi) is 3.34. The average Bonchev–Trinajstić information content (AvgIpc) is 2.62. The van der Waals surface area contributed by atoms with Crippen molar-refractivity contribution in [1.29, 1.82) is 0 Å². The summed E-state index contributed by atoms with van der Waals surface area (Å²) in [6.07, 6.45) is 4.42. The zero-order chi connectivity index (χ0) is 12.4. The fourth-order valence-electron chi connectivity index (χ4n) is 1.97. The van der Waals surface area contributed by atoms with Gasteiger partial charge in [-0.3, -0.25) is 0 Å². The van der Waals surface area contributed by atoms with E-state index >= 15 is 0 Å². The van der Waals surface area contributed by atoms with E-state index in [1.165, 1.54) is 14.6 Å². The van der Waals surface area contributed by atoms with Crippen LogP contribution in [-0.2, 0) is 0 Å². The van der Waals surface area contributed by atoms with Crippen LogP contribution in [0, 0.1) is 5.82 Å². The molecule has 18 heavy (non-hydrogen) atoms. The number of benzene rings is 2. The maximum atomic E-state index is 12.9. The van der Waals surface area contributed by atoms with Crippen LogP contribution in [-0.4, -0.2) is 20.2 Å². The van der Waals surface area contributed by atoms with Crippen molar-refractivity contribution in [2.24, 2.45) is 0 Å². The molecule has 0 aromatic heterocycles. The summed E-state index contributed by atoms with van der Waals surface area (Å²) in [5.74, 6) is -0.162. The first-order valence-corrected chi connectivity index (χ1v) is 10.0. The summed E-state index contributed by atoms with van der Waals surface area (Å²) in [7, 11) is 0. The molecule has 0 radical (unpaired) electrons. The third kappa shape index (κ3) is 2.42. The number of fused-ring (bicyclic) bond motifs is 1. The fraction of sp³-hybridized carbons (Fsp3) is 0. The van der Waals surface area contributed by atoms with Crippen LogP contribution in [0.2, 0.25) is 0 Å². The second-order valence-corrected chi connectivity index (χ2v) is 9.64. The molecule has 0 N–H and O–H groups in total. The van der Waals surface area contributed by atoms with Crippen LogP contribution in [0.4, 0.5) is 4.39 Å². The van der Waals surface area contributed by atoms with Crippen molar-refractivity contribution < 1.29 is 4.39 Å². The van der Waals surface area contributed by atoms with Crippen LogP contribution in [0.1, 0.15) is 11.1 Å². The van der Waals surface area contributed by atoms with E-state index in [1.807, 2.05) is 12.1 Å². The molecule has 0 spiro atoms. The SMILES string of the molecule is Fc1cc[c]([Sb]2[CH]=Cc3ccccc3C=[CH]2)cc1. The van der Waals surface area contributed by atoms with Gasteiger partial charge in [-0.1, -0.05) is 0 Å². The van der Waals surface area contributed by atoms with E-state index in [2.05, 4.69) is 44.5 Å². The summed E-state index contributed by atoms with van der Waals surface area (Å²) in [6.45, 7) is 0. The summed E-state index contributed by atoms with van der Waals surface area (Å²) in [5, 5.41) is 0. The topological polar surface area (TPSA) is 0 Å². The average molecular weight is 345 g/mol. The third-order valence-corrected chi connectivity index (χ3v) is 8.19. The Hall–Kier alpha value is -1.33. The Balaban J connectivity index is 1.96. The molecule has 0 amide bonds. The van der Waals surface area contributed by atoms with E-state index in [-0.39, 0.29) is 5.82 Å². The zero-order valence-corrected chi connectivity index (χ0v) is 12.3. The minimum absolute atomic E-state index is 0.162. The van der Waals surface area contributed by atoms with Gasteiger partial charge in [0.05, 0.1) is 0 Å². The van der Waals surface area contributed by atoms with Gasteiger partial charge in [-0.05, 0) is 0 Å². The van der Waals surface area contributed by atoms with Gasteiger partial charge in [0, 0.05) is 0 Å². The molecule has 0 fully saturated rings. The van der Waals surface area contributed by atoms with Crippen LogP contribution in [0.3, 0.4) is 0 Å². The molecule has 0 aliphatic carbocycles. The molecule has 88 valence electrons. The summed E-state index contributed by atoms with van der Waals surface area (Å²) in [6, 6.07) is 15.3. The van der Waals surface area contributed by atoms with E-state index in [9.17, 15) is 4.39 Å². The van der Waals surface area contributed by atoms with Crippen molar-refractivity contribution >= 4 is 35.9 Å². The van der Waals surface area contributed by atoms with Gasteiger partial charge >= 0.3 is 114 Å². The van der Waals surface area contributed by atoms with Crippen molar-refractivity contribution in [3.63, 3.8) is 0 Å². The van der Waals surface area contributed by atoms with E-state index in [4.69, 9.17) is 0 Å². The summed E-state index contributed by atoms with van der Waals surface area (Å²) in [5.41, 5.74) is 2.53. The van der Waals surface area contributed by atoms with Crippen LogP contribution < -0.4 is 3.51 Å². The molecule has 2 aromatic rings. The molecule has 2 heteroatoms. The molecule has 0 unspecified atom stereocenters. The predicted molar refractivity (Wildman–Crippen MR) is 76.3 cm³/mol. The molecule has 1 heterocycles. The normalized spacial score (nSPS) is 14.3. The Morgan fingerprint density at radius 3 is 1.83 bits per heavy atom. The first kappa shape index (κ1) is 11.7. The number of halogens is 1. The molecule has 0 saturated carbocycles. The fourth-order valence-corrected chi connectivity index (χ4v) is 6.48. The molecule has 0 bridgehead atoms. The summed E-state index contributed by atoms with van der Waals surface area (Å²) >= 11 is -1.74. The number of rotatable bonds is 1. The third-order valence-electron chi connectivity index (χ3n) is 2.95. The van der Waals surface area contributed by atoms with E-state index in [0.29, 0.717) is 0 Å². The van der Waals surface area contributed by atoms with Crippen molar-refractivity contribution in [3.05, 3.63) is 73.5 Å². The molecule has 1 aliphatic heterocycles. The van der Waals surface area contributed by atoms with Gasteiger partial charge in [-0.15, -0.1) is 0 Å². The van der Waals surface area contributed by atoms with Gasteiger partial charge in [-0.25, -0.2) is 0 Å². The van der Waals surface area contributed by atoms with Crippen LogP contribution in [0.15, 0.2) is 56.6 Å². The van der Waals surface area contributed by atoms with Gasteiger partial charge in [0.25, 0.3) is 0 Å². The molecule has 0 saturated heterocycles. The van der Waals surface area contributed by atoms with Crippen molar-refractivity contribution in [1.82, 2.24) is 0 Å². The Bertz CT molecular complexity index is 578. The van der Waals surface area contributed by atoms with E-state index in [0.717, 1.165) is 0 Å². The number of hydrogen-bond donors (Lipinski definition) is 0. The van der Waals surface area contributed by atoms with Crippen molar-refractivity contribution in [3.8, 4) is 0 Å². The second kappa shape index (κ2) is 5.12. The zero-order valence-electron chi connectivity index (χ0n) is 9.75.